The van der Waals surface area contributed by atoms with Gasteiger partial charge in [0.2, 0.25) is 0 Å². The van der Waals surface area contributed by atoms with Crippen molar-refractivity contribution in [3.05, 3.63) is 176 Å². The molecule has 1 heterocycles. The molecule has 0 amide bonds. The van der Waals surface area contributed by atoms with E-state index in [1.54, 1.807) is 0 Å². The predicted octanol–water partition coefficient (Wildman–Crippen LogP) is 11.0. The zero-order chi connectivity index (χ0) is 30.7. The largest absolute Gasteiger partial charge is 0.208 e. The van der Waals surface area contributed by atoms with E-state index >= 15 is 0 Å². The van der Waals surface area contributed by atoms with E-state index in [0.717, 1.165) is 38.6 Å². The third-order valence-corrected chi connectivity index (χ3v) is 8.37. The van der Waals surface area contributed by atoms with Gasteiger partial charge in [-0.15, -0.1) is 0 Å². The van der Waals surface area contributed by atoms with Crippen molar-refractivity contribution in [2.75, 3.05) is 0 Å². The SMILES string of the molecule is c1ccc(-c2ccc(-c3ccccc3-c3nc(-c4ccccc4)nc(-c4cccc5cc(-c6ccccc6)ccc45)n3)cc2)cc1. The smallest absolute Gasteiger partial charge is 0.164 e. The molecular weight excluding hydrogens is 558 g/mol. The van der Waals surface area contributed by atoms with E-state index in [4.69, 9.17) is 15.0 Å². The van der Waals surface area contributed by atoms with Gasteiger partial charge in [0.1, 0.15) is 0 Å². The number of nitrogens with zero attached hydrogens (tertiary/aromatic N) is 3. The molecule has 1 aromatic heterocycles. The molecule has 0 radical (unpaired) electrons. The van der Waals surface area contributed by atoms with Crippen LogP contribution in [0.1, 0.15) is 0 Å². The third kappa shape index (κ3) is 5.36. The zero-order valence-corrected chi connectivity index (χ0v) is 25.1. The van der Waals surface area contributed by atoms with Crippen LogP contribution in [0.2, 0.25) is 0 Å². The summed E-state index contributed by atoms with van der Waals surface area (Å²) in [7, 11) is 0. The number of hydrogen-bond acceptors (Lipinski definition) is 3. The minimum atomic E-state index is 0.643. The number of fused-ring (bicyclic) bond motifs is 1. The molecule has 0 bridgehead atoms. The van der Waals surface area contributed by atoms with Gasteiger partial charge in [-0.3, -0.25) is 0 Å². The molecule has 8 aromatic rings. The fourth-order valence-electron chi connectivity index (χ4n) is 6.02. The van der Waals surface area contributed by atoms with E-state index < -0.39 is 0 Å². The topological polar surface area (TPSA) is 38.7 Å². The van der Waals surface area contributed by atoms with E-state index in [0.29, 0.717) is 17.5 Å². The Morgan fingerprint density at radius 1 is 0.261 bits per heavy atom. The summed E-state index contributed by atoms with van der Waals surface area (Å²) in [4.78, 5) is 15.3. The Bertz CT molecular complexity index is 2280. The van der Waals surface area contributed by atoms with Crippen molar-refractivity contribution in [3.8, 4) is 67.5 Å². The fraction of sp³-hybridized carbons (Fsp3) is 0. The molecule has 0 aliphatic rings. The van der Waals surface area contributed by atoms with Crippen molar-refractivity contribution in [3.63, 3.8) is 0 Å². The Kier molecular flexibility index (Phi) is 7.18. The summed E-state index contributed by atoms with van der Waals surface area (Å²) in [5.74, 6) is 1.94. The van der Waals surface area contributed by atoms with E-state index in [9.17, 15) is 0 Å². The lowest BCUT2D eigenvalue weighted by Crippen LogP contribution is -2.01. The second-order valence-electron chi connectivity index (χ2n) is 11.3. The van der Waals surface area contributed by atoms with Gasteiger partial charge in [0, 0.05) is 16.7 Å². The molecule has 0 N–H and O–H groups in total. The normalized spacial score (nSPS) is 11.0. The molecule has 0 aliphatic carbocycles. The van der Waals surface area contributed by atoms with E-state index in [-0.39, 0.29) is 0 Å². The molecule has 0 fully saturated rings. The summed E-state index contributed by atoms with van der Waals surface area (Å²) in [5.41, 5.74) is 9.82. The van der Waals surface area contributed by atoms with Crippen LogP contribution in [0.15, 0.2) is 176 Å². The molecule has 0 unspecified atom stereocenters. The van der Waals surface area contributed by atoms with Crippen LogP contribution in [0.3, 0.4) is 0 Å². The Morgan fingerprint density at radius 3 is 1.39 bits per heavy atom. The van der Waals surface area contributed by atoms with Crippen LogP contribution < -0.4 is 0 Å². The van der Waals surface area contributed by atoms with Crippen LogP contribution >= 0.6 is 0 Å². The number of benzene rings is 7. The van der Waals surface area contributed by atoms with Crippen molar-refractivity contribution in [1.29, 1.82) is 0 Å². The summed E-state index contributed by atoms with van der Waals surface area (Å²) in [6.07, 6.45) is 0. The Balaban J connectivity index is 1.27. The minimum absolute atomic E-state index is 0.643. The summed E-state index contributed by atoms with van der Waals surface area (Å²) in [5, 5.41) is 2.24. The molecule has 7 aromatic carbocycles. The minimum Gasteiger partial charge on any atom is -0.208 e. The molecule has 46 heavy (non-hydrogen) atoms. The second kappa shape index (κ2) is 12.1. The van der Waals surface area contributed by atoms with Crippen LogP contribution in [0, 0.1) is 0 Å². The van der Waals surface area contributed by atoms with Gasteiger partial charge in [0.25, 0.3) is 0 Å². The standard InChI is InChI=1S/C43H29N3/c1-4-13-30(14-5-1)32-23-25-33(26-24-32)37-20-10-11-21-39(37)42-44-41(34-17-8-3-9-18-34)45-43(46-42)40-22-12-19-36-29-35(27-28-38(36)40)31-15-6-2-7-16-31/h1-29H. The van der Waals surface area contributed by atoms with Crippen molar-refractivity contribution in [2.24, 2.45) is 0 Å². The molecule has 3 nitrogen and oxygen atoms in total. The van der Waals surface area contributed by atoms with Crippen molar-refractivity contribution < 1.29 is 0 Å². The van der Waals surface area contributed by atoms with Crippen molar-refractivity contribution >= 4 is 10.8 Å². The average Bonchev–Trinajstić information content (AvgIpc) is 3.15. The summed E-state index contributed by atoms with van der Waals surface area (Å²) in [6, 6.07) is 61.1. The van der Waals surface area contributed by atoms with Gasteiger partial charge in [-0.1, -0.05) is 170 Å². The van der Waals surface area contributed by atoms with Gasteiger partial charge in [-0.25, -0.2) is 15.0 Å². The van der Waals surface area contributed by atoms with Crippen molar-refractivity contribution in [2.45, 2.75) is 0 Å². The predicted molar refractivity (Wildman–Crippen MR) is 190 cm³/mol. The molecule has 0 saturated heterocycles. The highest BCUT2D eigenvalue weighted by molar-refractivity contribution is 5.98. The third-order valence-electron chi connectivity index (χ3n) is 8.37. The van der Waals surface area contributed by atoms with Crippen LogP contribution in [0.4, 0.5) is 0 Å². The van der Waals surface area contributed by atoms with Crippen LogP contribution in [-0.2, 0) is 0 Å². The van der Waals surface area contributed by atoms with Gasteiger partial charge in [-0.2, -0.15) is 0 Å². The van der Waals surface area contributed by atoms with Crippen LogP contribution in [0.25, 0.3) is 78.3 Å². The summed E-state index contributed by atoms with van der Waals surface area (Å²) < 4.78 is 0. The molecule has 0 aliphatic heterocycles. The fourth-order valence-corrected chi connectivity index (χ4v) is 6.02. The summed E-state index contributed by atoms with van der Waals surface area (Å²) >= 11 is 0. The molecule has 8 rings (SSSR count). The molecule has 0 atom stereocenters. The maximum absolute atomic E-state index is 5.16. The second-order valence-corrected chi connectivity index (χ2v) is 11.3. The number of hydrogen-bond donors (Lipinski definition) is 0. The first-order chi connectivity index (χ1) is 22.8. The first-order valence-electron chi connectivity index (χ1n) is 15.5. The molecule has 3 heteroatoms. The highest BCUT2D eigenvalue weighted by atomic mass is 15.0. The lowest BCUT2D eigenvalue weighted by atomic mass is 9.96. The molecular formula is C43H29N3. The van der Waals surface area contributed by atoms with Gasteiger partial charge in [-0.05, 0) is 50.2 Å². The lowest BCUT2D eigenvalue weighted by molar-refractivity contribution is 1.08. The molecule has 0 spiro atoms. The Hall–Kier alpha value is -6.19. The quantitative estimate of drug-likeness (QED) is 0.194. The molecule has 216 valence electrons. The Labute approximate surface area is 268 Å². The molecule has 0 saturated carbocycles. The maximum atomic E-state index is 5.16. The van der Waals surface area contributed by atoms with Gasteiger partial charge >= 0.3 is 0 Å². The van der Waals surface area contributed by atoms with E-state index in [1.807, 2.05) is 48.5 Å². The van der Waals surface area contributed by atoms with Crippen LogP contribution in [-0.4, -0.2) is 15.0 Å². The van der Waals surface area contributed by atoms with Crippen molar-refractivity contribution in [1.82, 2.24) is 15.0 Å². The monoisotopic (exact) mass is 587 g/mol. The van der Waals surface area contributed by atoms with Gasteiger partial charge in [0.05, 0.1) is 0 Å². The number of aromatic nitrogens is 3. The highest BCUT2D eigenvalue weighted by Crippen LogP contribution is 2.35. The summed E-state index contributed by atoms with van der Waals surface area (Å²) in [6.45, 7) is 0. The van der Waals surface area contributed by atoms with Gasteiger partial charge in [0.15, 0.2) is 17.5 Å². The first kappa shape index (κ1) is 27.4. The number of rotatable bonds is 6. The zero-order valence-electron chi connectivity index (χ0n) is 25.1. The maximum Gasteiger partial charge on any atom is 0.164 e. The lowest BCUT2D eigenvalue weighted by Gasteiger charge is -2.13. The van der Waals surface area contributed by atoms with Crippen LogP contribution in [0.5, 0.6) is 0 Å². The highest BCUT2D eigenvalue weighted by Gasteiger charge is 2.17. The van der Waals surface area contributed by atoms with Gasteiger partial charge < -0.3 is 0 Å². The average molecular weight is 588 g/mol. The Morgan fingerprint density at radius 2 is 0.717 bits per heavy atom. The van der Waals surface area contributed by atoms with E-state index in [2.05, 4.69) is 127 Å². The van der Waals surface area contributed by atoms with E-state index in [1.165, 1.54) is 22.3 Å². The first-order valence-corrected chi connectivity index (χ1v) is 15.5.